The number of para-hydroxylation sites is 1. The zero-order valence-electron chi connectivity index (χ0n) is 11.9. The maximum absolute atomic E-state index is 13.4. The fourth-order valence-electron chi connectivity index (χ4n) is 2.25. The summed E-state index contributed by atoms with van der Waals surface area (Å²) >= 11 is 3.58. The fourth-order valence-corrected chi connectivity index (χ4v) is 2.92. The van der Waals surface area contributed by atoms with Crippen molar-refractivity contribution in [3.63, 3.8) is 0 Å². The van der Waals surface area contributed by atoms with Crippen molar-refractivity contribution in [3.8, 4) is 0 Å². The number of benzene rings is 2. The van der Waals surface area contributed by atoms with Gasteiger partial charge < -0.3 is 10.2 Å². The highest BCUT2D eigenvalue weighted by Gasteiger charge is 2.12. The standard InChI is InChI=1S/C16H18BrFN2/c1-11-7-8-13(18)9-12(11)10-20(3)16-14(17)5-4-6-15(16)19-2/h4-9,19H,10H2,1-3H3. The minimum Gasteiger partial charge on any atom is -0.386 e. The van der Waals surface area contributed by atoms with Crippen LogP contribution in [-0.2, 0) is 6.54 Å². The second kappa shape index (κ2) is 6.27. The summed E-state index contributed by atoms with van der Waals surface area (Å²) in [5, 5.41) is 3.18. The molecule has 0 bridgehead atoms. The molecule has 0 aliphatic rings. The summed E-state index contributed by atoms with van der Waals surface area (Å²) in [5.74, 6) is -0.194. The smallest absolute Gasteiger partial charge is 0.123 e. The Balaban J connectivity index is 2.33. The van der Waals surface area contributed by atoms with E-state index in [-0.39, 0.29) is 5.82 Å². The van der Waals surface area contributed by atoms with Crippen LogP contribution in [0.1, 0.15) is 11.1 Å². The van der Waals surface area contributed by atoms with Crippen molar-refractivity contribution < 1.29 is 4.39 Å². The summed E-state index contributed by atoms with van der Waals surface area (Å²) in [4.78, 5) is 2.11. The third kappa shape index (κ3) is 3.12. The molecule has 4 heteroatoms. The Kier molecular flexibility index (Phi) is 4.65. The molecule has 0 radical (unpaired) electrons. The Morgan fingerprint density at radius 3 is 2.70 bits per heavy atom. The van der Waals surface area contributed by atoms with Gasteiger partial charge in [-0.15, -0.1) is 0 Å². The molecule has 2 rings (SSSR count). The van der Waals surface area contributed by atoms with Crippen LogP contribution in [-0.4, -0.2) is 14.1 Å². The summed E-state index contributed by atoms with van der Waals surface area (Å²) in [5.41, 5.74) is 4.19. The first-order valence-corrected chi connectivity index (χ1v) is 7.24. The highest BCUT2D eigenvalue weighted by Crippen LogP contribution is 2.34. The minimum atomic E-state index is -0.194. The van der Waals surface area contributed by atoms with Crippen molar-refractivity contribution in [1.29, 1.82) is 0 Å². The second-order valence-corrected chi connectivity index (χ2v) is 5.67. The molecule has 2 aromatic carbocycles. The molecular formula is C16H18BrFN2. The van der Waals surface area contributed by atoms with Gasteiger partial charge in [0.2, 0.25) is 0 Å². The van der Waals surface area contributed by atoms with Gasteiger partial charge in [0.05, 0.1) is 11.4 Å². The number of halogens is 2. The molecule has 2 aromatic rings. The van der Waals surface area contributed by atoms with Crippen LogP contribution in [0.4, 0.5) is 15.8 Å². The molecule has 0 saturated carbocycles. The largest absolute Gasteiger partial charge is 0.386 e. The lowest BCUT2D eigenvalue weighted by molar-refractivity contribution is 0.624. The van der Waals surface area contributed by atoms with Gasteiger partial charge in [0, 0.05) is 25.1 Å². The van der Waals surface area contributed by atoms with Crippen LogP contribution in [0.2, 0.25) is 0 Å². The predicted molar refractivity (Wildman–Crippen MR) is 86.9 cm³/mol. The predicted octanol–water partition coefficient (Wildman–Crippen LogP) is 4.57. The Labute approximate surface area is 127 Å². The van der Waals surface area contributed by atoms with Gasteiger partial charge in [-0.1, -0.05) is 12.1 Å². The van der Waals surface area contributed by atoms with Gasteiger partial charge in [0.15, 0.2) is 0 Å². The fraction of sp³-hybridized carbons (Fsp3) is 0.250. The molecule has 20 heavy (non-hydrogen) atoms. The summed E-state index contributed by atoms with van der Waals surface area (Å²) in [7, 11) is 3.90. The van der Waals surface area contributed by atoms with E-state index in [0.29, 0.717) is 6.54 Å². The summed E-state index contributed by atoms with van der Waals surface area (Å²) in [6.45, 7) is 2.66. The second-order valence-electron chi connectivity index (χ2n) is 4.81. The number of anilines is 2. The van der Waals surface area contributed by atoms with Crippen molar-refractivity contribution in [1.82, 2.24) is 0 Å². The first kappa shape index (κ1) is 14.9. The maximum Gasteiger partial charge on any atom is 0.123 e. The Bertz CT molecular complexity index is 613. The molecule has 0 aromatic heterocycles. The number of nitrogens with one attached hydrogen (secondary N) is 1. The highest BCUT2D eigenvalue weighted by atomic mass is 79.9. The van der Waals surface area contributed by atoms with Gasteiger partial charge in [-0.2, -0.15) is 0 Å². The van der Waals surface area contributed by atoms with Gasteiger partial charge in [-0.25, -0.2) is 4.39 Å². The quantitative estimate of drug-likeness (QED) is 0.879. The van der Waals surface area contributed by atoms with E-state index >= 15 is 0 Å². The monoisotopic (exact) mass is 336 g/mol. The molecule has 0 unspecified atom stereocenters. The van der Waals surface area contributed by atoms with Crippen molar-refractivity contribution in [2.75, 3.05) is 24.3 Å². The number of hydrogen-bond donors (Lipinski definition) is 1. The molecule has 0 fully saturated rings. The molecule has 0 aliphatic heterocycles. The van der Waals surface area contributed by atoms with E-state index in [2.05, 4.69) is 26.1 Å². The minimum absolute atomic E-state index is 0.194. The average molecular weight is 337 g/mol. The lowest BCUT2D eigenvalue weighted by Gasteiger charge is -2.24. The summed E-state index contributed by atoms with van der Waals surface area (Å²) in [6, 6.07) is 10.9. The van der Waals surface area contributed by atoms with Gasteiger partial charge in [-0.05, 0) is 58.2 Å². The van der Waals surface area contributed by atoms with Gasteiger partial charge >= 0.3 is 0 Å². The molecule has 1 N–H and O–H groups in total. The van der Waals surface area contributed by atoms with E-state index in [9.17, 15) is 4.39 Å². The van der Waals surface area contributed by atoms with Crippen LogP contribution >= 0.6 is 15.9 Å². The molecule has 0 amide bonds. The molecule has 0 atom stereocenters. The molecule has 2 nitrogen and oxygen atoms in total. The van der Waals surface area contributed by atoms with Crippen LogP contribution in [0.3, 0.4) is 0 Å². The summed E-state index contributed by atoms with van der Waals surface area (Å²) < 4.78 is 14.4. The third-order valence-electron chi connectivity index (χ3n) is 3.36. The van der Waals surface area contributed by atoms with Crippen molar-refractivity contribution in [3.05, 3.63) is 57.8 Å². The van der Waals surface area contributed by atoms with Crippen LogP contribution in [0.5, 0.6) is 0 Å². The van der Waals surface area contributed by atoms with Gasteiger partial charge in [0.25, 0.3) is 0 Å². The molecule has 0 saturated heterocycles. The molecular weight excluding hydrogens is 319 g/mol. The number of aryl methyl sites for hydroxylation is 1. The van der Waals surface area contributed by atoms with Crippen molar-refractivity contribution in [2.45, 2.75) is 13.5 Å². The lowest BCUT2D eigenvalue weighted by Crippen LogP contribution is -2.19. The third-order valence-corrected chi connectivity index (χ3v) is 4.00. The zero-order chi connectivity index (χ0) is 14.7. The van der Waals surface area contributed by atoms with E-state index in [0.717, 1.165) is 27.0 Å². The van der Waals surface area contributed by atoms with E-state index in [1.54, 1.807) is 6.07 Å². The lowest BCUT2D eigenvalue weighted by atomic mass is 10.1. The van der Waals surface area contributed by atoms with Crippen molar-refractivity contribution >= 4 is 27.3 Å². The van der Waals surface area contributed by atoms with Crippen LogP contribution < -0.4 is 10.2 Å². The maximum atomic E-state index is 13.4. The average Bonchev–Trinajstić information content (AvgIpc) is 2.42. The van der Waals surface area contributed by atoms with E-state index in [1.807, 2.05) is 45.3 Å². The molecule has 0 heterocycles. The first-order chi connectivity index (χ1) is 9.52. The number of nitrogens with zero attached hydrogens (tertiary/aromatic N) is 1. The van der Waals surface area contributed by atoms with Crippen LogP contribution in [0.25, 0.3) is 0 Å². The zero-order valence-corrected chi connectivity index (χ0v) is 13.5. The summed E-state index contributed by atoms with van der Waals surface area (Å²) in [6.07, 6.45) is 0. The first-order valence-electron chi connectivity index (χ1n) is 6.45. The topological polar surface area (TPSA) is 15.3 Å². The van der Waals surface area contributed by atoms with E-state index in [1.165, 1.54) is 6.07 Å². The van der Waals surface area contributed by atoms with E-state index < -0.39 is 0 Å². The molecule has 0 spiro atoms. The Morgan fingerprint density at radius 2 is 2.00 bits per heavy atom. The number of rotatable bonds is 4. The van der Waals surface area contributed by atoms with Gasteiger partial charge in [0.1, 0.15) is 5.82 Å². The molecule has 106 valence electrons. The van der Waals surface area contributed by atoms with Crippen LogP contribution in [0.15, 0.2) is 40.9 Å². The number of hydrogen-bond acceptors (Lipinski definition) is 2. The Morgan fingerprint density at radius 1 is 1.25 bits per heavy atom. The van der Waals surface area contributed by atoms with Gasteiger partial charge in [-0.3, -0.25) is 0 Å². The SMILES string of the molecule is CNc1cccc(Br)c1N(C)Cc1cc(F)ccc1C. The highest BCUT2D eigenvalue weighted by molar-refractivity contribution is 9.10. The Hall–Kier alpha value is -1.55. The normalized spacial score (nSPS) is 10.4. The van der Waals surface area contributed by atoms with Crippen molar-refractivity contribution in [2.24, 2.45) is 0 Å². The molecule has 0 aliphatic carbocycles. The van der Waals surface area contributed by atoms with E-state index in [4.69, 9.17) is 0 Å². The van der Waals surface area contributed by atoms with Crippen LogP contribution in [0, 0.1) is 12.7 Å².